The first kappa shape index (κ1) is 19.2. The van der Waals surface area contributed by atoms with Crippen molar-refractivity contribution in [1.29, 1.82) is 0 Å². The number of thioether (sulfide) groups is 1. The average molecular weight is 406 g/mol. The Hall–Kier alpha value is -2.56. The van der Waals surface area contributed by atoms with Gasteiger partial charge in [0.2, 0.25) is 5.91 Å². The standard InChI is InChI=1S/C17H18N4O4S2/c1-2-25-12-7-9-13(10-8-12)27(23,24)21-20-16(22)11-26-17-18-14-5-3-4-6-15(14)19-17/h3-10,21H,2,11H2,1H3,(H,18,19)(H,20,22). The number of rotatable bonds is 8. The van der Waals surface area contributed by atoms with Crippen LogP contribution in [0.2, 0.25) is 0 Å². The second-order valence-electron chi connectivity index (χ2n) is 5.41. The quantitative estimate of drug-likeness (QED) is 0.390. The Morgan fingerprint density at radius 2 is 1.93 bits per heavy atom. The normalized spacial score (nSPS) is 11.4. The number of carbonyl (C=O) groups is 1. The predicted molar refractivity (Wildman–Crippen MR) is 103 cm³/mol. The SMILES string of the molecule is CCOc1ccc(S(=O)(=O)NNC(=O)CSc2nc3ccccc3[nH]2)cc1. The summed E-state index contributed by atoms with van der Waals surface area (Å²) in [4.78, 5) is 21.5. The molecule has 1 heterocycles. The molecule has 0 fully saturated rings. The number of para-hydroxylation sites is 2. The van der Waals surface area contributed by atoms with Gasteiger partial charge in [-0.05, 0) is 43.3 Å². The van der Waals surface area contributed by atoms with Crippen LogP contribution in [0.4, 0.5) is 0 Å². The molecule has 0 aliphatic rings. The number of aromatic nitrogens is 2. The molecular weight excluding hydrogens is 388 g/mol. The Bertz CT molecular complexity index is 1000. The van der Waals surface area contributed by atoms with Gasteiger partial charge < -0.3 is 9.72 Å². The minimum absolute atomic E-state index is 0.00558. The first-order valence-corrected chi connectivity index (χ1v) is 10.6. The lowest BCUT2D eigenvalue weighted by Gasteiger charge is -2.09. The third-order valence-electron chi connectivity index (χ3n) is 3.48. The number of H-pyrrole nitrogens is 1. The molecule has 0 bridgehead atoms. The maximum absolute atomic E-state index is 12.2. The number of hydrazine groups is 1. The molecule has 0 saturated heterocycles. The number of sulfonamides is 1. The molecule has 1 amide bonds. The first-order valence-electron chi connectivity index (χ1n) is 8.09. The number of nitrogens with zero attached hydrogens (tertiary/aromatic N) is 1. The summed E-state index contributed by atoms with van der Waals surface area (Å²) in [6, 6.07) is 13.4. The number of hydrogen-bond acceptors (Lipinski definition) is 6. The van der Waals surface area contributed by atoms with E-state index in [9.17, 15) is 13.2 Å². The maximum Gasteiger partial charge on any atom is 0.257 e. The fourth-order valence-electron chi connectivity index (χ4n) is 2.23. The lowest BCUT2D eigenvalue weighted by atomic mass is 10.3. The summed E-state index contributed by atoms with van der Waals surface area (Å²) in [5.41, 5.74) is 3.87. The van der Waals surface area contributed by atoms with Crippen LogP contribution in [-0.4, -0.2) is 36.7 Å². The van der Waals surface area contributed by atoms with E-state index in [0.717, 1.165) is 11.0 Å². The molecule has 0 spiro atoms. The molecule has 0 aliphatic carbocycles. The first-order chi connectivity index (χ1) is 13.0. The van der Waals surface area contributed by atoms with Gasteiger partial charge in [0, 0.05) is 0 Å². The van der Waals surface area contributed by atoms with Crippen molar-refractivity contribution in [3.05, 3.63) is 48.5 Å². The number of carbonyl (C=O) groups excluding carboxylic acids is 1. The highest BCUT2D eigenvalue weighted by atomic mass is 32.2. The molecule has 3 N–H and O–H groups in total. The zero-order valence-electron chi connectivity index (χ0n) is 14.4. The number of hydrogen-bond donors (Lipinski definition) is 3. The van der Waals surface area contributed by atoms with E-state index >= 15 is 0 Å². The van der Waals surface area contributed by atoms with E-state index in [-0.39, 0.29) is 10.6 Å². The van der Waals surface area contributed by atoms with Gasteiger partial charge in [0.05, 0.1) is 28.3 Å². The van der Waals surface area contributed by atoms with Gasteiger partial charge >= 0.3 is 0 Å². The van der Waals surface area contributed by atoms with Crippen LogP contribution < -0.4 is 15.0 Å². The molecule has 1 aromatic heterocycles. The van der Waals surface area contributed by atoms with Gasteiger partial charge in [-0.1, -0.05) is 23.9 Å². The fourth-order valence-corrected chi connectivity index (χ4v) is 3.78. The fraction of sp³-hybridized carbons (Fsp3) is 0.176. The van der Waals surface area contributed by atoms with E-state index in [1.165, 1.54) is 23.9 Å². The van der Waals surface area contributed by atoms with Crippen molar-refractivity contribution in [2.75, 3.05) is 12.4 Å². The van der Waals surface area contributed by atoms with Gasteiger partial charge in [-0.15, -0.1) is 4.83 Å². The molecule has 3 aromatic rings. The molecule has 3 rings (SSSR count). The lowest BCUT2D eigenvalue weighted by Crippen LogP contribution is -2.42. The average Bonchev–Trinajstić information content (AvgIpc) is 3.08. The predicted octanol–water partition coefficient (Wildman–Crippen LogP) is 2.06. The summed E-state index contributed by atoms with van der Waals surface area (Å²) in [6.07, 6.45) is 0. The number of ether oxygens (including phenoxy) is 1. The molecule has 0 saturated carbocycles. The number of amides is 1. The lowest BCUT2D eigenvalue weighted by molar-refractivity contribution is -0.119. The molecule has 10 heteroatoms. The minimum atomic E-state index is -3.86. The van der Waals surface area contributed by atoms with Gasteiger partial charge in [-0.25, -0.2) is 13.4 Å². The Kier molecular flexibility index (Phi) is 5.99. The van der Waals surface area contributed by atoms with Crippen molar-refractivity contribution in [3.8, 4) is 5.75 Å². The smallest absolute Gasteiger partial charge is 0.257 e. The molecule has 0 aliphatic heterocycles. The van der Waals surface area contributed by atoms with Crippen molar-refractivity contribution < 1.29 is 17.9 Å². The Morgan fingerprint density at radius 3 is 2.63 bits per heavy atom. The minimum Gasteiger partial charge on any atom is -0.494 e. The van der Waals surface area contributed by atoms with Gasteiger partial charge in [-0.2, -0.15) is 0 Å². The van der Waals surface area contributed by atoms with Crippen LogP contribution in [0.3, 0.4) is 0 Å². The third-order valence-corrected chi connectivity index (χ3v) is 5.61. The second-order valence-corrected chi connectivity index (χ2v) is 8.05. The largest absolute Gasteiger partial charge is 0.494 e. The Morgan fingerprint density at radius 1 is 1.19 bits per heavy atom. The Balaban J connectivity index is 1.53. The highest BCUT2D eigenvalue weighted by Crippen LogP contribution is 2.19. The number of imidazole rings is 1. The zero-order valence-corrected chi connectivity index (χ0v) is 16.1. The molecule has 0 atom stereocenters. The van der Waals surface area contributed by atoms with E-state index in [1.807, 2.05) is 31.2 Å². The summed E-state index contributed by atoms with van der Waals surface area (Å²) in [7, 11) is -3.86. The van der Waals surface area contributed by atoms with Crippen LogP contribution in [0.5, 0.6) is 5.75 Å². The van der Waals surface area contributed by atoms with Gasteiger partial charge in [0.25, 0.3) is 10.0 Å². The van der Waals surface area contributed by atoms with Crippen LogP contribution in [0, 0.1) is 0 Å². The van der Waals surface area contributed by atoms with Crippen molar-refractivity contribution in [1.82, 2.24) is 20.2 Å². The third kappa shape index (κ3) is 5.00. The highest BCUT2D eigenvalue weighted by molar-refractivity contribution is 7.99. The van der Waals surface area contributed by atoms with Gasteiger partial charge in [0.1, 0.15) is 5.75 Å². The second kappa shape index (κ2) is 8.42. The van der Waals surface area contributed by atoms with E-state index in [0.29, 0.717) is 17.5 Å². The molecule has 0 unspecified atom stereocenters. The van der Waals surface area contributed by atoms with Gasteiger partial charge in [0.15, 0.2) is 5.16 Å². The highest BCUT2D eigenvalue weighted by Gasteiger charge is 2.15. The summed E-state index contributed by atoms with van der Waals surface area (Å²) >= 11 is 1.18. The molecule has 27 heavy (non-hydrogen) atoms. The Labute approximate surface area is 160 Å². The van der Waals surface area contributed by atoms with Crippen LogP contribution in [0.25, 0.3) is 11.0 Å². The van der Waals surface area contributed by atoms with Crippen molar-refractivity contribution >= 4 is 38.7 Å². The monoisotopic (exact) mass is 406 g/mol. The van der Waals surface area contributed by atoms with E-state index in [2.05, 4.69) is 20.2 Å². The van der Waals surface area contributed by atoms with E-state index < -0.39 is 15.9 Å². The summed E-state index contributed by atoms with van der Waals surface area (Å²) in [6.45, 7) is 2.33. The number of fused-ring (bicyclic) bond motifs is 1. The molecule has 2 aromatic carbocycles. The van der Waals surface area contributed by atoms with Crippen LogP contribution in [0.1, 0.15) is 6.92 Å². The van der Waals surface area contributed by atoms with Crippen molar-refractivity contribution in [3.63, 3.8) is 0 Å². The van der Waals surface area contributed by atoms with Crippen LogP contribution >= 0.6 is 11.8 Å². The van der Waals surface area contributed by atoms with E-state index in [4.69, 9.17) is 4.74 Å². The summed E-state index contributed by atoms with van der Waals surface area (Å²) in [5.74, 6) is 0.0868. The maximum atomic E-state index is 12.2. The summed E-state index contributed by atoms with van der Waals surface area (Å²) in [5, 5.41) is 0.584. The zero-order chi connectivity index (χ0) is 19.3. The number of aromatic amines is 1. The van der Waals surface area contributed by atoms with Gasteiger partial charge in [-0.3, -0.25) is 10.2 Å². The van der Waals surface area contributed by atoms with Crippen molar-refractivity contribution in [2.45, 2.75) is 17.0 Å². The molecule has 0 radical (unpaired) electrons. The number of nitrogens with one attached hydrogen (secondary N) is 3. The van der Waals surface area contributed by atoms with Crippen LogP contribution in [-0.2, 0) is 14.8 Å². The molecular formula is C17H18N4O4S2. The van der Waals surface area contributed by atoms with E-state index in [1.54, 1.807) is 12.1 Å². The van der Waals surface area contributed by atoms with Crippen LogP contribution in [0.15, 0.2) is 58.6 Å². The van der Waals surface area contributed by atoms with Crippen molar-refractivity contribution in [2.24, 2.45) is 0 Å². The molecule has 8 nitrogen and oxygen atoms in total. The topological polar surface area (TPSA) is 113 Å². The number of benzene rings is 2. The summed E-state index contributed by atoms with van der Waals surface area (Å²) < 4.78 is 29.7. The molecule has 142 valence electrons.